The number of benzene rings is 2. The van der Waals surface area contributed by atoms with Crippen LogP contribution in [0.25, 0.3) is 17.2 Å². The molecule has 1 aliphatic heterocycles. The highest BCUT2D eigenvalue weighted by Crippen LogP contribution is 2.36. The number of likely N-dealkylation sites (tertiary alicyclic amines) is 1. The van der Waals surface area contributed by atoms with Crippen molar-refractivity contribution in [3.8, 4) is 16.9 Å². The Bertz CT molecular complexity index is 989. The highest BCUT2D eigenvalue weighted by atomic mass is 16.5. The van der Waals surface area contributed by atoms with E-state index in [-0.39, 0.29) is 6.10 Å². The normalized spacial score (nSPS) is 21.3. The Kier molecular flexibility index (Phi) is 6.26. The second-order valence-corrected chi connectivity index (χ2v) is 8.84. The van der Waals surface area contributed by atoms with Gasteiger partial charge in [-0.05, 0) is 62.2 Å². The molecule has 0 aromatic heterocycles. The molecule has 0 bridgehead atoms. The fraction of sp³-hybridized carbons (Fsp3) is 0.407. The molecule has 4 nitrogen and oxygen atoms in total. The Morgan fingerprint density at radius 3 is 2.52 bits per heavy atom. The third kappa shape index (κ3) is 4.58. The zero-order chi connectivity index (χ0) is 22.0. The number of piperidine rings is 1. The molecule has 2 aromatic rings. The highest BCUT2D eigenvalue weighted by Gasteiger charge is 2.37. The summed E-state index contributed by atoms with van der Waals surface area (Å²) in [4.78, 5) is 18.6. The Balaban J connectivity index is 1.44. The summed E-state index contributed by atoms with van der Waals surface area (Å²) in [5, 5.41) is 0. The second-order valence-electron chi connectivity index (χ2n) is 8.84. The molecular formula is C27H32N2O2. The van der Waals surface area contributed by atoms with Crippen molar-refractivity contribution >= 4 is 24.4 Å². The Labute approximate surface area is 185 Å². The van der Waals surface area contributed by atoms with Crippen molar-refractivity contribution in [1.29, 1.82) is 0 Å². The Hall–Kier alpha value is -2.88. The molecule has 1 aliphatic carbocycles. The van der Waals surface area contributed by atoms with Crippen molar-refractivity contribution in [2.45, 2.75) is 46.1 Å². The number of hydrogen-bond acceptors (Lipinski definition) is 3. The van der Waals surface area contributed by atoms with Gasteiger partial charge in [-0.25, -0.2) is 0 Å². The largest absolute Gasteiger partial charge is 0.490 e. The van der Waals surface area contributed by atoms with Gasteiger partial charge < -0.3 is 9.64 Å². The van der Waals surface area contributed by atoms with Crippen molar-refractivity contribution in [2.75, 3.05) is 13.1 Å². The standard InChI is InChI=1S/C27H32N2O2/c1-5-6-21-11-14-24(19(3)26(21)28-4)20-9-12-23(13-10-20)31-25-15-16-29(17-18(25)2)27(30)22-7-8-22/h5-6,9-14,18,22,25H,4,7-8,15-17H2,1-3H3/b6-5-. The predicted molar refractivity (Wildman–Crippen MR) is 128 cm³/mol. The van der Waals surface area contributed by atoms with Gasteiger partial charge in [0.2, 0.25) is 5.91 Å². The van der Waals surface area contributed by atoms with Crippen LogP contribution in [-0.4, -0.2) is 36.7 Å². The molecule has 1 heterocycles. The van der Waals surface area contributed by atoms with Crippen LogP contribution in [0, 0.1) is 18.8 Å². The lowest BCUT2D eigenvalue weighted by molar-refractivity contribution is -0.135. The van der Waals surface area contributed by atoms with E-state index in [0.717, 1.165) is 66.0 Å². The lowest BCUT2D eigenvalue weighted by atomic mass is 9.95. The van der Waals surface area contributed by atoms with E-state index in [1.807, 2.05) is 30.0 Å². The highest BCUT2D eigenvalue weighted by molar-refractivity contribution is 5.81. The minimum atomic E-state index is 0.146. The molecule has 1 saturated heterocycles. The molecule has 2 atom stereocenters. The van der Waals surface area contributed by atoms with E-state index in [9.17, 15) is 4.79 Å². The second kappa shape index (κ2) is 9.09. The minimum Gasteiger partial charge on any atom is -0.490 e. The van der Waals surface area contributed by atoms with E-state index in [0.29, 0.717) is 17.7 Å². The van der Waals surface area contributed by atoms with Gasteiger partial charge in [0, 0.05) is 36.9 Å². The summed E-state index contributed by atoms with van der Waals surface area (Å²) in [6.07, 6.45) is 7.25. The van der Waals surface area contributed by atoms with Crippen LogP contribution in [0.15, 0.2) is 47.5 Å². The van der Waals surface area contributed by atoms with E-state index in [1.165, 1.54) is 0 Å². The molecule has 1 amide bonds. The summed E-state index contributed by atoms with van der Waals surface area (Å²) < 4.78 is 6.31. The van der Waals surface area contributed by atoms with Gasteiger partial charge in [-0.1, -0.05) is 43.3 Å². The molecule has 0 N–H and O–H groups in total. The minimum absolute atomic E-state index is 0.146. The van der Waals surface area contributed by atoms with Crippen molar-refractivity contribution in [3.63, 3.8) is 0 Å². The number of rotatable bonds is 6. The van der Waals surface area contributed by atoms with E-state index < -0.39 is 0 Å². The molecule has 0 spiro atoms. The number of aliphatic imine (C=N–C) groups is 1. The van der Waals surface area contributed by atoms with Gasteiger partial charge in [-0.2, -0.15) is 0 Å². The number of nitrogens with zero attached hydrogens (tertiary/aromatic N) is 2. The van der Waals surface area contributed by atoms with Crippen molar-refractivity contribution in [1.82, 2.24) is 4.90 Å². The SMILES string of the molecule is C=Nc1c(/C=C\C)ccc(-c2ccc(OC3CCN(C(=O)C4CC4)CC3C)cc2)c1C. The van der Waals surface area contributed by atoms with Gasteiger partial charge in [0.25, 0.3) is 0 Å². The van der Waals surface area contributed by atoms with Crippen LogP contribution in [0.5, 0.6) is 5.75 Å². The van der Waals surface area contributed by atoms with Gasteiger partial charge in [-0.3, -0.25) is 9.79 Å². The molecular weight excluding hydrogens is 384 g/mol. The predicted octanol–water partition coefficient (Wildman–Crippen LogP) is 6.05. The molecule has 2 aromatic carbocycles. The summed E-state index contributed by atoms with van der Waals surface area (Å²) in [5.74, 6) is 1.86. The molecule has 31 heavy (non-hydrogen) atoms. The molecule has 162 valence electrons. The lowest BCUT2D eigenvalue weighted by Gasteiger charge is -2.37. The number of allylic oxidation sites excluding steroid dienone is 1. The Morgan fingerprint density at radius 1 is 1.16 bits per heavy atom. The first kappa shape index (κ1) is 21.4. The zero-order valence-corrected chi connectivity index (χ0v) is 18.8. The van der Waals surface area contributed by atoms with E-state index >= 15 is 0 Å². The van der Waals surface area contributed by atoms with Gasteiger partial charge in [-0.15, -0.1) is 0 Å². The summed E-state index contributed by atoms with van der Waals surface area (Å²) >= 11 is 0. The molecule has 1 saturated carbocycles. The van der Waals surface area contributed by atoms with Gasteiger partial charge in [0.05, 0.1) is 5.69 Å². The van der Waals surface area contributed by atoms with Crippen molar-refractivity contribution < 1.29 is 9.53 Å². The van der Waals surface area contributed by atoms with Gasteiger partial charge in [0.1, 0.15) is 11.9 Å². The van der Waals surface area contributed by atoms with Crippen LogP contribution < -0.4 is 4.74 Å². The summed E-state index contributed by atoms with van der Waals surface area (Å²) in [6, 6.07) is 12.5. The van der Waals surface area contributed by atoms with Crippen molar-refractivity contribution in [3.05, 3.63) is 53.6 Å². The maximum Gasteiger partial charge on any atom is 0.225 e. The summed E-state index contributed by atoms with van der Waals surface area (Å²) in [7, 11) is 0. The number of carbonyl (C=O) groups is 1. The lowest BCUT2D eigenvalue weighted by Crippen LogP contribution is -2.47. The van der Waals surface area contributed by atoms with Crippen LogP contribution in [0.4, 0.5) is 5.69 Å². The number of hydrogen-bond donors (Lipinski definition) is 0. The zero-order valence-electron chi connectivity index (χ0n) is 18.8. The van der Waals surface area contributed by atoms with Crippen molar-refractivity contribution in [2.24, 2.45) is 16.8 Å². The third-order valence-corrected chi connectivity index (χ3v) is 6.48. The molecule has 2 aliphatic rings. The topological polar surface area (TPSA) is 41.9 Å². The van der Waals surface area contributed by atoms with Crippen LogP contribution in [0.1, 0.15) is 44.2 Å². The van der Waals surface area contributed by atoms with Gasteiger partial charge in [0.15, 0.2) is 0 Å². The summed E-state index contributed by atoms with van der Waals surface area (Å²) in [5.41, 5.74) is 5.43. The monoisotopic (exact) mass is 416 g/mol. The Morgan fingerprint density at radius 2 is 1.90 bits per heavy atom. The average Bonchev–Trinajstić information content (AvgIpc) is 3.61. The fourth-order valence-corrected chi connectivity index (χ4v) is 4.53. The molecule has 4 rings (SSSR count). The van der Waals surface area contributed by atoms with Crippen LogP contribution in [-0.2, 0) is 4.79 Å². The number of amides is 1. The van der Waals surface area contributed by atoms with Crippen LogP contribution in [0.2, 0.25) is 0 Å². The first-order valence-electron chi connectivity index (χ1n) is 11.3. The number of carbonyl (C=O) groups excluding carboxylic acids is 1. The van der Waals surface area contributed by atoms with Crippen LogP contribution in [0.3, 0.4) is 0 Å². The first-order chi connectivity index (χ1) is 15.0. The summed E-state index contributed by atoms with van der Waals surface area (Å²) in [6.45, 7) is 11.6. The fourth-order valence-electron chi connectivity index (χ4n) is 4.53. The van der Waals surface area contributed by atoms with E-state index in [1.54, 1.807) is 0 Å². The maximum absolute atomic E-state index is 12.3. The van der Waals surface area contributed by atoms with E-state index in [2.05, 4.69) is 55.9 Å². The molecule has 2 unspecified atom stereocenters. The maximum atomic E-state index is 12.3. The van der Waals surface area contributed by atoms with Crippen LogP contribution >= 0.6 is 0 Å². The molecule has 0 radical (unpaired) electrons. The number of ether oxygens (including phenoxy) is 1. The molecule has 4 heteroatoms. The van der Waals surface area contributed by atoms with Gasteiger partial charge >= 0.3 is 0 Å². The average molecular weight is 417 g/mol. The molecule has 2 fully saturated rings. The first-order valence-corrected chi connectivity index (χ1v) is 11.3. The van der Waals surface area contributed by atoms with E-state index in [4.69, 9.17) is 4.74 Å². The quantitative estimate of drug-likeness (QED) is 0.538. The smallest absolute Gasteiger partial charge is 0.225 e. The third-order valence-electron chi connectivity index (χ3n) is 6.48.